The van der Waals surface area contributed by atoms with E-state index in [0.717, 1.165) is 11.8 Å². The first-order chi connectivity index (χ1) is 15.0. The first kappa shape index (κ1) is 20.4. The van der Waals surface area contributed by atoms with E-state index in [0.29, 0.717) is 22.3 Å². The summed E-state index contributed by atoms with van der Waals surface area (Å²) in [5.74, 6) is 0.713. The number of nitrogens with one attached hydrogen (secondary N) is 1. The molecule has 2 aromatic heterocycles. The number of thioether (sulfide) groups is 1. The quantitative estimate of drug-likeness (QED) is 0.321. The van der Waals surface area contributed by atoms with Crippen molar-refractivity contribution in [3.8, 4) is 28.6 Å². The Morgan fingerprint density at radius 3 is 2.55 bits per heavy atom. The van der Waals surface area contributed by atoms with Gasteiger partial charge in [-0.25, -0.2) is 4.68 Å². The molecule has 158 valence electrons. The van der Waals surface area contributed by atoms with Gasteiger partial charge in [0.2, 0.25) is 10.6 Å². The number of phenolic OH excluding ortho intramolecular Hbond substituents is 2. The van der Waals surface area contributed by atoms with E-state index in [1.165, 1.54) is 30.0 Å². The van der Waals surface area contributed by atoms with Gasteiger partial charge in [-0.2, -0.15) is 0 Å². The van der Waals surface area contributed by atoms with Crippen LogP contribution in [0.1, 0.15) is 11.3 Å². The molecular weight excluding hydrogens is 420 g/mol. The number of aromatic nitrogens is 3. The standard InChI is InChI=1S/C21H18N4O5S/c26-15-7-6-14(17(27)8-15)10-22-25-20(13-4-2-1-3-5-13)23-24-21(25)31-12-16-9-18(28)19(29)11-30-16/h1-9,11,22,26-27,29H,10,12H2. The van der Waals surface area contributed by atoms with Crippen LogP contribution in [0.15, 0.2) is 75.2 Å². The van der Waals surface area contributed by atoms with E-state index in [-0.39, 0.29) is 23.8 Å². The van der Waals surface area contributed by atoms with Crippen LogP contribution in [0.3, 0.4) is 0 Å². The topological polar surface area (TPSA) is 134 Å². The number of hydrogen-bond donors (Lipinski definition) is 4. The van der Waals surface area contributed by atoms with E-state index in [2.05, 4.69) is 15.6 Å². The van der Waals surface area contributed by atoms with Crippen molar-refractivity contribution in [1.29, 1.82) is 0 Å². The molecule has 0 atom stereocenters. The van der Waals surface area contributed by atoms with Crippen molar-refractivity contribution in [3.05, 3.63) is 82.4 Å². The molecule has 0 unspecified atom stereocenters. The third kappa shape index (κ3) is 4.64. The zero-order valence-electron chi connectivity index (χ0n) is 16.1. The number of benzene rings is 2. The summed E-state index contributed by atoms with van der Waals surface area (Å²) in [6.45, 7) is 0.242. The van der Waals surface area contributed by atoms with Crippen molar-refractivity contribution in [3.63, 3.8) is 0 Å². The summed E-state index contributed by atoms with van der Waals surface area (Å²) in [4.78, 5) is 11.6. The maximum absolute atomic E-state index is 11.6. The fourth-order valence-electron chi connectivity index (χ4n) is 2.80. The Balaban J connectivity index is 1.60. The van der Waals surface area contributed by atoms with Crippen LogP contribution in [0.5, 0.6) is 17.2 Å². The molecular formula is C21H18N4O5S. The molecule has 0 aliphatic rings. The Hall–Kier alpha value is -3.92. The summed E-state index contributed by atoms with van der Waals surface area (Å²) in [6.07, 6.45) is 1.00. The van der Waals surface area contributed by atoms with Crippen molar-refractivity contribution in [2.75, 3.05) is 5.43 Å². The van der Waals surface area contributed by atoms with Crippen LogP contribution in [-0.4, -0.2) is 30.2 Å². The molecule has 0 amide bonds. The molecule has 10 heteroatoms. The summed E-state index contributed by atoms with van der Waals surface area (Å²) in [5, 5.41) is 37.9. The van der Waals surface area contributed by atoms with Crippen LogP contribution < -0.4 is 10.9 Å². The Bertz CT molecular complexity index is 1260. The van der Waals surface area contributed by atoms with Crippen LogP contribution >= 0.6 is 11.8 Å². The van der Waals surface area contributed by atoms with Gasteiger partial charge in [0, 0.05) is 23.3 Å². The second kappa shape index (κ2) is 8.84. The van der Waals surface area contributed by atoms with E-state index in [1.807, 2.05) is 30.3 Å². The lowest BCUT2D eigenvalue weighted by atomic mass is 10.2. The minimum absolute atomic E-state index is 0.0258. The van der Waals surface area contributed by atoms with E-state index >= 15 is 0 Å². The Kier molecular flexibility index (Phi) is 5.80. The van der Waals surface area contributed by atoms with Crippen LogP contribution in [0.4, 0.5) is 0 Å². The maximum atomic E-state index is 11.6. The Morgan fingerprint density at radius 1 is 1.00 bits per heavy atom. The fraction of sp³-hybridized carbons (Fsp3) is 0.0952. The zero-order chi connectivity index (χ0) is 21.8. The molecule has 31 heavy (non-hydrogen) atoms. The highest BCUT2D eigenvalue weighted by Gasteiger charge is 2.16. The smallest absolute Gasteiger partial charge is 0.226 e. The van der Waals surface area contributed by atoms with Gasteiger partial charge in [0.05, 0.1) is 12.3 Å². The average Bonchev–Trinajstić information content (AvgIpc) is 3.17. The molecule has 0 bridgehead atoms. The second-order valence-electron chi connectivity index (χ2n) is 6.54. The molecule has 2 aromatic carbocycles. The number of aromatic hydroxyl groups is 3. The highest BCUT2D eigenvalue weighted by molar-refractivity contribution is 7.98. The van der Waals surface area contributed by atoms with Crippen molar-refractivity contribution >= 4 is 11.8 Å². The van der Waals surface area contributed by atoms with Crippen LogP contribution in [0, 0.1) is 0 Å². The minimum atomic E-state index is -0.519. The van der Waals surface area contributed by atoms with E-state index < -0.39 is 11.2 Å². The summed E-state index contributed by atoms with van der Waals surface area (Å²) >= 11 is 1.28. The van der Waals surface area contributed by atoms with Gasteiger partial charge in [-0.05, 0) is 12.1 Å². The van der Waals surface area contributed by atoms with Gasteiger partial charge in [0.1, 0.15) is 23.5 Å². The van der Waals surface area contributed by atoms with E-state index in [1.54, 1.807) is 10.7 Å². The van der Waals surface area contributed by atoms with Gasteiger partial charge < -0.3 is 25.2 Å². The average molecular weight is 438 g/mol. The first-order valence-corrected chi connectivity index (χ1v) is 10.2. The van der Waals surface area contributed by atoms with Gasteiger partial charge in [-0.3, -0.25) is 4.79 Å². The number of nitrogens with zero attached hydrogens (tertiary/aromatic N) is 3. The highest BCUT2D eigenvalue weighted by Crippen LogP contribution is 2.27. The SMILES string of the molecule is O=c1cc(CSc2nnc(-c3ccccc3)n2NCc2ccc(O)cc2O)occ1O. The molecule has 0 aliphatic carbocycles. The second-order valence-corrected chi connectivity index (χ2v) is 7.48. The molecule has 2 heterocycles. The number of phenols is 2. The molecule has 0 saturated carbocycles. The molecule has 0 aliphatic heterocycles. The van der Waals surface area contributed by atoms with Crippen molar-refractivity contribution in [2.45, 2.75) is 17.5 Å². The Labute approximate surface area is 180 Å². The third-order valence-corrected chi connectivity index (χ3v) is 5.32. The van der Waals surface area contributed by atoms with Crippen molar-refractivity contribution in [1.82, 2.24) is 14.9 Å². The molecule has 4 rings (SSSR count). The van der Waals surface area contributed by atoms with Gasteiger partial charge in [-0.1, -0.05) is 42.1 Å². The predicted molar refractivity (Wildman–Crippen MR) is 114 cm³/mol. The summed E-state index contributed by atoms with van der Waals surface area (Å²) in [6, 6.07) is 15.1. The number of hydrogen-bond acceptors (Lipinski definition) is 9. The van der Waals surface area contributed by atoms with Gasteiger partial charge in [0.25, 0.3) is 0 Å². The maximum Gasteiger partial charge on any atom is 0.226 e. The van der Waals surface area contributed by atoms with Gasteiger partial charge in [0.15, 0.2) is 11.6 Å². The lowest BCUT2D eigenvalue weighted by Crippen LogP contribution is -2.17. The molecule has 0 radical (unpaired) electrons. The van der Waals surface area contributed by atoms with Crippen LogP contribution in [-0.2, 0) is 12.3 Å². The molecule has 0 spiro atoms. The molecule has 4 aromatic rings. The van der Waals surface area contributed by atoms with Crippen LogP contribution in [0.25, 0.3) is 11.4 Å². The normalized spacial score (nSPS) is 10.8. The molecule has 4 N–H and O–H groups in total. The first-order valence-electron chi connectivity index (χ1n) is 9.20. The summed E-state index contributed by atoms with van der Waals surface area (Å²) in [7, 11) is 0. The number of rotatable bonds is 7. The lowest BCUT2D eigenvalue weighted by Gasteiger charge is -2.14. The van der Waals surface area contributed by atoms with E-state index in [9.17, 15) is 20.1 Å². The summed E-state index contributed by atoms with van der Waals surface area (Å²) < 4.78 is 6.93. The molecule has 0 saturated heterocycles. The monoisotopic (exact) mass is 438 g/mol. The predicted octanol–water partition coefficient (Wildman–Crippen LogP) is 3.05. The van der Waals surface area contributed by atoms with Gasteiger partial charge in [-0.15, -0.1) is 10.2 Å². The van der Waals surface area contributed by atoms with Crippen molar-refractivity contribution < 1.29 is 19.7 Å². The highest BCUT2D eigenvalue weighted by atomic mass is 32.2. The molecule has 9 nitrogen and oxygen atoms in total. The fourth-order valence-corrected chi connectivity index (χ4v) is 3.60. The van der Waals surface area contributed by atoms with Gasteiger partial charge >= 0.3 is 0 Å². The zero-order valence-corrected chi connectivity index (χ0v) is 16.9. The lowest BCUT2D eigenvalue weighted by molar-refractivity contribution is 0.419. The van der Waals surface area contributed by atoms with Crippen molar-refractivity contribution in [2.24, 2.45) is 0 Å². The summed E-state index contributed by atoms with van der Waals surface area (Å²) in [5.41, 5.74) is 4.08. The van der Waals surface area contributed by atoms with E-state index in [4.69, 9.17) is 4.42 Å². The molecule has 0 fully saturated rings. The minimum Gasteiger partial charge on any atom is -0.508 e. The largest absolute Gasteiger partial charge is 0.508 e. The Morgan fingerprint density at radius 2 is 1.81 bits per heavy atom. The van der Waals surface area contributed by atoms with Crippen LogP contribution in [0.2, 0.25) is 0 Å². The third-order valence-electron chi connectivity index (χ3n) is 4.37.